The van der Waals surface area contributed by atoms with Crippen LogP contribution in [0.2, 0.25) is 0 Å². The summed E-state index contributed by atoms with van der Waals surface area (Å²) in [4.78, 5) is 36.7. The van der Waals surface area contributed by atoms with Crippen LogP contribution in [-0.2, 0) is 23.9 Å². The molecule has 14 heteroatoms. The number of nitrogens with one attached hydrogen (secondary N) is 3. The van der Waals surface area contributed by atoms with Crippen LogP contribution in [-0.4, -0.2) is 62.7 Å². The molecular weight excluding hydrogens is 632 g/mol. The van der Waals surface area contributed by atoms with Gasteiger partial charge in [-0.1, -0.05) is 18.2 Å². The lowest BCUT2D eigenvalue weighted by Crippen LogP contribution is -2.45. The maximum Gasteiger partial charge on any atom is 0.343 e. The van der Waals surface area contributed by atoms with Gasteiger partial charge in [0.2, 0.25) is 0 Å². The van der Waals surface area contributed by atoms with Crippen LogP contribution in [0.15, 0.2) is 57.2 Å². The van der Waals surface area contributed by atoms with E-state index in [0.29, 0.717) is 55.8 Å². The number of thiocarbonyl (C=S) groups is 1. The number of para-hydroxylation sites is 1. The second-order valence-corrected chi connectivity index (χ2v) is 9.80. The molecule has 1 heterocycles. The Labute approximate surface area is 256 Å². The standard InChI is InChI=1S/C28H31BrN4O8S/c1-5-38-21-12-17(11-19(29)26(21)41-15-23(35)37-4)13-30-33-22(34)14-40-20-10-8-7-9-18(20)25-24(27(36)39-6-2)16(3)31-28(42)32-25/h7-13,25H,5-6,14-15H2,1-4H3,(H,33,34)(H2,31,32,42)/t25-/m0/s1. The molecule has 0 unspecified atom stereocenters. The fourth-order valence-corrected chi connectivity index (χ4v) is 4.71. The highest BCUT2D eigenvalue weighted by Gasteiger charge is 2.32. The first-order valence-electron chi connectivity index (χ1n) is 12.8. The van der Waals surface area contributed by atoms with Gasteiger partial charge < -0.3 is 34.3 Å². The van der Waals surface area contributed by atoms with E-state index < -0.39 is 23.9 Å². The monoisotopic (exact) mass is 662 g/mol. The summed E-state index contributed by atoms with van der Waals surface area (Å²) in [7, 11) is 1.27. The number of hydrogen-bond donors (Lipinski definition) is 3. The third-order valence-electron chi connectivity index (χ3n) is 5.65. The van der Waals surface area contributed by atoms with Gasteiger partial charge in [0, 0.05) is 11.3 Å². The molecule has 3 N–H and O–H groups in total. The number of nitrogens with zero attached hydrogens (tertiary/aromatic N) is 1. The van der Waals surface area contributed by atoms with E-state index in [1.54, 1.807) is 50.2 Å². The third-order valence-corrected chi connectivity index (χ3v) is 6.46. The molecule has 0 saturated carbocycles. The minimum atomic E-state index is -0.646. The van der Waals surface area contributed by atoms with Crippen molar-refractivity contribution in [2.75, 3.05) is 33.5 Å². The second-order valence-electron chi connectivity index (χ2n) is 8.54. The molecule has 0 spiro atoms. The number of amides is 1. The van der Waals surface area contributed by atoms with Gasteiger partial charge in [-0.15, -0.1) is 0 Å². The number of methoxy groups -OCH3 is 1. The first kappa shape index (κ1) is 32.3. The van der Waals surface area contributed by atoms with Crippen LogP contribution in [0.5, 0.6) is 17.2 Å². The lowest BCUT2D eigenvalue weighted by atomic mass is 9.95. The Balaban J connectivity index is 1.69. The Kier molecular flexibility index (Phi) is 12.1. The van der Waals surface area contributed by atoms with Crippen molar-refractivity contribution < 1.29 is 38.1 Å². The highest BCUT2D eigenvalue weighted by molar-refractivity contribution is 9.10. The summed E-state index contributed by atoms with van der Waals surface area (Å²) in [6, 6.07) is 9.69. The first-order valence-corrected chi connectivity index (χ1v) is 14.0. The van der Waals surface area contributed by atoms with Gasteiger partial charge in [-0.05, 0) is 72.7 Å². The minimum absolute atomic E-state index is 0.211. The average molecular weight is 664 g/mol. The molecule has 0 fully saturated rings. The van der Waals surface area contributed by atoms with E-state index in [0.717, 1.165) is 0 Å². The Morgan fingerprint density at radius 1 is 1.07 bits per heavy atom. The number of halogens is 1. The van der Waals surface area contributed by atoms with Crippen LogP contribution in [0, 0.1) is 0 Å². The second kappa shape index (κ2) is 15.7. The zero-order chi connectivity index (χ0) is 30.6. The van der Waals surface area contributed by atoms with Gasteiger partial charge in [0.1, 0.15) is 5.75 Å². The Hall–Kier alpha value is -4.17. The topological polar surface area (TPSA) is 146 Å². The van der Waals surface area contributed by atoms with Crippen molar-refractivity contribution in [3.05, 3.63) is 63.3 Å². The van der Waals surface area contributed by atoms with E-state index in [9.17, 15) is 14.4 Å². The SMILES string of the molecule is CCOC(=O)C1=C(C)NC(=S)N[C@H]1c1ccccc1OCC(=O)NN=Cc1cc(Br)c(OCC(=O)OC)c(OCC)c1. The first-order chi connectivity index (χ1) is 20.2. The van der Waals surface area contributed by atoms with Crippen molar-refractivity contribution in [1.29, 1.82) is 0 Å². The van der Waals surface area contributed by atoms with Crippen molar-refractivity contribution in [3.63, 3.8) is 0 Å². The molecule has 42 heavy (non-hydrogen) atoms. The predicted molar refractivity (Wildman–Crippen MR) is 161 cm³/mol. The maximum absolute atomic E-state index is 12.7. The van der Waals surface area contributed by atoms with Gasteiger partial charge in [0.25, 0.3) is 5.91 Å². The smallest absolute Gasteiger partial charge is 0.343 e. The predicted octanol–water partition coefficient (Wildman–Crippen LogP) is 3.28. The zero-order valence-electron chi connectivity index (χ0n) is 23.4. The van der Waals surface area contributed by atoms with Crippen LogP contribution in [0.4, 0.5) is 0 Å². The van der Waals surface area contributed by atoms with Gasteiger partial charge >= 0.3 is 11.9 Å². The van der Waals surface area contributed by atoms with Gasteiger partial charge in [0.15, 0.2) is 29.8 Å². The number of hydrogen-bond acceptors (Lipinski definition) is 10. The van der Waals surface area contributed by atoms with E-state index >= 15 is 0 Å². The van der Waals surface area contributed by atoms with Crippen LogP contribution >= 0.6 is 28.1 Å². The van der Waals surface area contributed by atoms with E-state index in [1.807, 2.05) is 6.92 Å². The number of hydrazone groups is 1. The summed E-state index contributed by atoms with van der Waals surface area (Å²) in [5, 5.41) is 10.4. The number of rotatable bonds is 13. The summed E-state index contributed by atoms with van der Waals surface area (Å²) in [5.74, 6) is -0.470. The molecule has 3 rings (SSSR count). The quantitative estimate of drug-likeness (QED) is 0.126. The fourth-order valence-electron chi connectivity index (χ4n) is 3.87. The van der Waals surface area contributed by atoms with Crippen molar-refractivity contribution >= 4 is 57.3 Å². The molecule has 2 aromatic carbocycles. The fraction of sp³-hybridized carbons (Fsp3) is 0.321. The van der Waals surface area contributed by atoms with E-state index in [1.165, 1.54) is 13.3 Å². The molecule has 2 aromatic rings. The minimum Gasteiger partial charge on any atom is -0.490 e. The molecule has 0 aromatic heterocycles. The number of benzene rings is 2. The number of allylic oxidation sites excluding steroid dienone is 1. The summed E-state index contributed by atoms with van der Waals surface area (Å²) < 4.78 is 27.3. The normalized spacial score (nSPS) is 14.5. The number of carbonyl (C=O) groups is 3. The molecule has 1 atom stereocenters. The maximum atomic E-state index is 12.7. The number of ether oxygens (including phenoxy) is 5. The number of esters is 2. The van der Waals surface area contributed by atoms with E-state index in [2.05, 4.69) is 41.8 Å². The molecule has 0 radical (unpaired) electrons. The van der Waals surface area contributed by atoms with Gasteiger partial charge in [0.05, 0.1) is 42.6 Å². The lowest BCUT2D eigenvalue weighted by Gasteiger charge is -2.30. The summed E-state index contributed by atoms with van der Waals surface area (Å²) in [6.07, 6.45) is 1.42. The van der Waals surface area contributed by atoms with Gasteiger partial charge in [-0.25, -0.2) is 15.0 Å². The Bertz CT molecular complexity index is 1400. The summed E-state index contributed by atoms with van der Waals surface area (Å²) in [6.45, 7) is 5.19. The average Bonchev–Trinajstić information content (AvgIpc) is 2.95. The molecule has 1 aliphatic heterocycles. The molecule has 0 bridgehead atoms. The third kappa shape index (κ3) is 8.66. The molecule has 0 aliphatic carbocycles. The summed E-state index contributed by atoms with van der Waals surface area (Å²) >= 11 is 8.71. The van der Waals surface area contributed by atoms with Gasteiger partial charge in [-0.2, -0.15) is 5.10 Å². The molecular formula is C28H31BrN4O8S. The van der Waals surface area contributed by atoms with E-state index in [4.69, 9.17) is 31.2 Å². The molecule has 12 nitrogen and oxygen atoms in total. The Morgan fingerprint density at radius 3 is 2.55 bits per heavy atom. The van der Waals surface area contributed by atoms with Crippen molar-refractivity contribution in [2.45, 2.75) is 26.8 Å². The highest BCUT2D eigenvalue weighted by Crippen LogP contribution is 2.37. The number of carbonyl (C=O) groups excluding carboxylic acids is 3. The van der Waals surface area contributed by atoms with E-state index in [-0.39, 0.29) is 19.8 Å². The van der Waals surface area contributed by atoms with Crippen LogP contribution in [0.25, 0.3) is 0 Å². The van der Waals surface area contributed by atoms with Crippen molar-refractivity contribution in [2.24, 2.45) is 5.10 Å². The largest absolute Gasteiger partial charge is 0.490 e. The Morgan fingerprint density at radius 2 is 1.83 bits per heavy atom. The highest BCUT2D eigenvalue weighted by atomic mass is 79.9. The zero-order valence-corrected chi connectivity index (χ0v) is 25.8. The van der Waals surface area contributed by atoms with Gasteiger partial charge in [-0.3, -0.25) is 4.79 Å². The van der Waals surface area contributed by atoms with Crippen LogP contribution in [0.1, 0.15) is 37.9 Å². The molecule has 1 amide bonds. The van der Waals surface area contributed by atoms with Crippen LogP contribution < -0.4 is 30.3 Å². The van der Waals surface area contributed by atoms with Crippen molar-refractivity contribution in [3.8, 4) is 17.2 Å². The summed E-state index contributed by atoms with van der Waals surface area (Å²) in [5.41, 5.74) is 4.52. The molecule has 224 valence electrons. The van der Waals surface area contributed by atoms with Crippen molar-refractivity contribution in [1.82, 2.24) is 16.1 Å². The lowest BCUT2D eigenvalue weighted by molar-refractivity contribution is -0.143. The molecule has 1 aliphatic rings. The molecule has 0 saturated heterocycles. The van der Waals surface area contributed by atoms with Crippen LogP contribution in [0.3, 0.4) is 0 Å².